The lowest BCUT2D eigenvalue weighted by molar-refractivity contribution is 0.0996. The van der Waals surface area contributed by atoms with Crippen molar-refractivity contribution in [1.82, 2.24) is 0 Å². The number of carbonyl (C=O) groups is 1. The second-order valence-electron chi connectivity index (χ2n) is 3.60. The van der Waals surface area contributed by atoms with Crippen molar-refractivity contribution in [2.75, 3.05) is 18.2 Å². The van der Waals surface area contributed by atoms with E-state index >= 15 is 0 Å². The first-order chi connectivity index (χ1) is 9.04. The molecule has 0 aliphatic carbocycles. The molecule has 19 heavy (non-hydrogen) atoms. The van der Waals surface area contributed by atoms with Gasteiger partial charge < -0.3 is 20.2 Å². The molecule has 0 saturated heterocycles. The van der Waals surface area contributed by atoms with Crippen LogP contribution >= 0.6 is 31.9 Å². The second-order valence-corrected chi connectivity index (χ2v) is 5.25. The van der Waals surface area contributed by atoms with Crippen LogP contribution in [0.2, 0.25) is 0 Å². The molecule has 0 radical (unpaired) electrons. The topological polar surface area (TPSA) is 77.5 Å². The fourth-order valence-corrected chi connectivity index (χ4v) is 2.78. The van der Waals surface area contributed by atoms with Crippen LogP contribution in [-0.2, 0) is 0 Å². The number of hydrogen-bond donors (Lipinski definition) is 2. The number of rotatable bonds is 3. The van der Waals surface area contributed by atoms with E-state index < -0.39 is 0 Å². The van der Waals surface area contributed by atoms with E-state index in [0.29, 0.717) is 26.1 Å². The fraction of sp³-hybridized carbons (Fsp3) is 0.0833. The zero-order valence-electron chi connectivity index (χ0n) is 9.87. The Kier molecular flexibility index (Phi) is 4.16. The number of ether oxygens (including phenoxy) is 1. The highest BCUT2D eigenvalue weighted by atomic mass is 79.9. The third-order valence-electron chi connectivity index (χ3n) is 2.41. The van der Waals surface area contributed by atoms with Crippen LogP contribution in [0.15, 0.2) is 37.8 Å². The molecule has 0 bridgehead atoms. The van der Waals surface area contributed by atoms with Gasteiger partial charge in [0.1, 0.15) is 0 Å². The zero-order chi connectivity index (χ0) is 14.0. The molecule has 1 aromatic heterocycles. The summed E-state index contributed by atoms with van der Waals surface area (Å²) in [6.07, 6.45) is 1.43. The molecule has 2 aromatic rings. The third-order valence-corrected chi connectivity index (χ3v) is 3.85. The number of amides is 1. The van der Waals surface area contributed by atoms with Crippen molar-refractivity contribution < 1.29 is 13.9 Å². The maximum absolute atomic E-state index is 11.9. The van der Waals surface area contributed by atoms with Crippen molar-refractivity contribution in [1.29, 1.82) is 0 Å². The lowest BCUT2D eigenvalue weighted by Gasteiger charge is -2.14. The highest BCUT2D eigenvalue weighted by molar-refractivity contribution is 9.11. The summed E-state index contributed by atoms with van der Waals surface area (Å²) in [5.74, 6) is 0.290. The lowest BCUT2D eigenvalue weighted by atomic mass is 10.2. The number of hydrogen-bond acceptors (Lipinski definition) is 4. The van der Waals surface area contributed by atoms with Crippen molar-refractivity contribution >= 4 is 49.1 Å². The molecule has 2 rings (SSSR count). The predicted molar refractivity (Wildman–Crippen MR) is 79.5 cm³/mol. The highest BCUT2D eigenvalue weighted by Gasteiger charge is 2.17. The van der Waals surface area contributed by atoms with Crippen molar-refractivity contribution in [3.63, 3.8) is 0 Å². The molecular formula is C12H10Br2N2O3. The molecule has 1 heterocycles. The second kappa shape index (κ2) is 5.66. The van der Waals surface area contributed by atoms with Crippen LogP contribution in [0.1, 0.15) is 10.6 Å². The summed E-state index contributed by atoms with van der Waals surface area (Å²) >= 11 is 6.64. The van der Waals surface area contributed by atoms with Gasteiger partial charge in [-0.25, -0.2) is 0 Å². The average molecular weight is 390 g/mol. The van der Waals surface area contributed by atoms with Gasteiger partial charge in [-0.05, 0) is 50.1 Å². The number of nitrogen functional groups attached to an aromatic ring is 1. The number of carbonyl (C=O) groups excluding carboxylic acids is 1. The van der Waals surface area contributed by atoms with Gasteiger partial charge in [-0.2, -0.15) is 0 Å². The Balaban J connectivity index is 2.37. The molecule has 0 fully saturated rings. The van der Waals surface area contributed by atoms with E-state index in [1.54, 1.807) is 18.2 Å². The van der Waals surface area contributed by atoms with E-state index in [0.717, 1.165) is 0 Å². The number of anilines is 2. The van der Waals surface area contributed by atoms with E-state index in [1.807, 2.05) is 0 Å². The first kappa shape index (κ1) is 14.0. The van der Waals surface area contributed by atoms with Gasteiger partial charge in [0.15, 0.2) is 11.5 Å². The summed E-state index contributed by atoms with van der Waals surface area (Å²) < 4.78 is 11.5. The van der Waals surface area contributed by atoms with Crippen molar-refractivity contribution in [2.45, 2.75) is 0 Å². The van der Waals surface area contributed by atoms with Gasteiger partial charge in [0, 0.05) is 4.47 Å². The molecule has 100 valence electrons. The van der Waals surface area contributed by atoms with Gasteiger partial charge in [0.25, 0.3) is 5.91 Å². The summed E-state index contributed by atoms with van der Waals surface area (Å²) in [5, 5.41) is 2.70. The van der Waals surface area contributed by atoms with E-state index in [4.69, 9.17) is 14.9 Å². The molecule has 0 atom stereocenters. The summed E-state index contributed by atoms with van der Waals surface area (Å²) in [5.41, 5.74) is 6.82. The van der Waals surface area contributed by atoms with Crippen molar-refractivity contribution in [3.8, 4) is 5.75 Å². The van der Waals surface area contributed by atoms with Gasteiger partial charge >= 0.3 is 0 Å². The van der Waals surface area contributed by atoms with Crippen LogP contribution in [0.5, 0.6) is 5.75 Å². The zero-order valence-corrected chi connectivity index (χ0v) is 13.0. The quantitative estimate of drug-likeness (QED) is 0.785. The number of methoxy groups -OCH3 is 1. The molecule has 0 unspecified atom stereocenters. The van der Waals surface area contributed by atoms with E-state index in [1.165, 1.54) is 13.4 Å². The van der Waals surface area contributed by atoms with Crippen LogP contribution in [0.3, 0.4) is 0 Å². The average Bonchev–Trinajstić information content (AvgIpc) is 2.90. The number of furan rings is 1. The van der Waals surface area contributed by atoms with Gasteiger partial charge in [0.2, 0.25) is 0 Å². The maximum atomic E-state index is 11.9. The van der Waals surface area contributed by atoms with Crippen LogP contribution in [0.4, 0.5) is 11.4 Å². The van der Waals surface area contributed by atoms with Gasteiger partial charge in [-0.1, -0.05) is 0 Å². The van der Waals surface area contributed by atoms with Crippen LogP contribution < -0.4 is 15.8 Å². The summed E-state index contributed by atoms with van der Waals surface area (Å²) in [6.45, 7) is 0. The molecular weight excluding hydrogens is 380 g/mol. The fourth-order valence-electron chi connectivity index (χ4n) is 1.50. The molecule has 7 heteroatoms. The highest BCUT2D eigenvalue weighted by Crippen LogP contribution is 2.42. The Morgan fingerprint density at radius 2 is 2.21 bits per heavy atom. The summed E-state index contributed by atoms with van der Waals surface area (Å²) in [4.78, 5) is 11.9. The van der Waals surface area contributed by atoms with Crippen molar-refractivity contribution in [3.05, 3.63) is 39.2 Å². The molecule has 0 spiro atoms. The first-order valence-electron chi connectivity index (χ1n) is 5.21. The normalized spacial score (nSPS) is 10.3. The minimum absolute atomic E-state index is 0.214. The number of benzene rings is 1. The Labute approximate surface area is 126 Å². The smallest absolute Gasteiger partial charge is 0.291 e. The van der Waals surface area contributed by atoms with E-state index in [9.17, 15) is 4.79 Å². The number of halogens is 2. The van der Waals surface area contributed by atoms with Crippen molar-refractivity contribution in [2.24, 2.45) is 0 Å². The van der Waals surface area contributed by atoms with Crippen LogP contribution in [0.25, 0.3) is 0 Å². The van der Waals surface area contributed by atoms with Gasteiger partial charge in [-0.15, -0.1) is 0 Å². The Morgan fingerprint density at radius 1 is 1.47 bits per heavy atom. The first-order valence-corrected chi connectivity index (χ1v) is 6.79. The molecule has 1 amide bonds. The minimum Gasteiger partial charge on any atom is -0.493 e. The number of nitrogens with one attached hydrogen (secondary N) is 1. The Morgan fingerprint density at radius 3 is 2.79 bits per heavy atom. The van der Waals surface area contributed by atoms with Crippen LogP contribution in [0, 0.1) is 0 Å². The van der Waals surface area contributed by atoms with Crippen LogP contribution in [-0.4, -0.2) is 13.0 Å². The Hall–Kier alpha value is -1.47. The standard InChI is InChI=1S/C12H10Br2N2O3/c1-18-11-7(5-6(13)10(15)9(11)14)16-12(17)8-3-2-4-19-8/h2-5H,15H2,1H3,(H,16,17). The number of nitrogens with two attached hydrogens (primary N) is 1. The Bertz CT molecular complexity index is 612. The van der Waals surface area contributed by atoms with Gasteiger partial charge in [0.05, 0.1) is 29.2 Å². The molecule has 5 nitrogen and oxygen atoms in total. The van der Waals surface area contributed by atoms with E-state index in [2.05, 4.69) is 37.2 Å². The molecule has 0 saturated carbocycles. The largest absolute Gasteiger partial charge is 0.493 e. The lowest BCUT2D eigenvalue weighted by Crippen LogP contribution is -2.12. The molecule has 1 aromatic carbocycles. The SMILES string of the molecule is COc1c(NC(=O)c2ccco2)cc(Br)c(N)c1Br. The summed E-state index contributed by atoms with van der Waals surface area (Å²) in [7, 11) is 1.50. The minimum atomic E-state index is -0.369. The van der Waals surface area contributed by atoms with E-state index in [-0.39, 0.29) is 11.7 Å². The summed E-state index contributed by atoms with van der Waals surface area (Å²) in [6, 6.07) is 4.88. The van der Waals surface area contributed by atoms with Gasteiger partial charge in [-0.3, -0.25) is 4.79 Å². The molecule has 3 N–H and O–H groups in total. The maximum Gasteiger partial charge on any atom is 0.291 e. The monoisotopic (exact) mass is 388 g/mol. The third kappa shape index (κ3) is 2.76. The molecule has 0 aliphatic heterocycles. The predicted octanol–water partition coefficient (Wildman–Crippen LogP) is 3.65. The molecule has 0 aliphatic rings.